The van der Waals surface area contributed by atoms with Crippen molar-refractivity contribution < 1.29 is 4.79 Å². The SMILES string of the molecule is C#Cc1cccc(NC(=O)c2sccc2-n2cccc2)c1. The normalized spacial score (nSPS) is 10.0. The molecule has 2 aromatic heterocycles. The number of benzene rings is 1. The van der Waals surface area contributed by atoms with Crippen molar-refractivity contribution in [2.75, 3.05) is 5.32 Å². The van der Waals surface area contributed by atoms with Crippen molar-refractivity contribution >= 4 is 22.9 Å². The number of hydrogen-bond donors (Lipinski definition) is 1. The second-order valence-corrected chi connectivity index (χ2v) is 5.32. The van der Waals surface area contributed by atoms with Crippen molar-refractivity contribution in [2.45, 2.75) is 0 Å². The van der Waals surface area contributed by atoms with Crippen LogP contribution in [0.5, 0.6) is 0 Å². The van der Waals surface area contributed by atoms with E-state index in [4.69, 9.17) is 6.42 Å². The minimum atomic E-state index is -0.136. The Morgan fingerprint density at radius 2 is 2.00 bits per heavy atom. The number of carbonyl (C=O) groups excluding carboxylic acids is 1. The second-order valence-electron chi connectivity index (χ2n) is 4.40. The molecular formula is C17H12N2OS. The summed E-state index contributed by atoms with van der Waals surface area (Å²) in [6, 6.07) is 13.0. The maximum absolute atomic E-state index is 12.4. The Morgan fingerprint density at radius 1 is 1.19 bits per heavy atom. The summed E-state index contributed by atoms with van der Waals surface area (Å²) in [5, 5.41) is 4.79. The summed E-state index contributed by atoms with van der Waals surface area (Å²) in [7, 11) is 0. The Hall–Kier alpha value is -2.77. The Labute approximate surface area is 126 Å². The van der Waals surface area contributed by atoms with Crippen LogP contribution in [0.1, 0.15) is 15.2 Å². The van der Waals surface area contributed by atoms with E-state index in [1.54, 1.807) is 6.07 Å². The highest BCUT2D eigenvalue weighted by Crippen LogP contribution is 2.23. The fourth-order valence-corrected chi connectivity index (χ4v) is 2.83. The Bertz CT molecular complexity index is 809. The first kappa shape index (κ1) is 13.2. The highest BCUT2D eigenvalue weighted by Gasteiger charge is 2.14. The summed E-state index contributed by atoms with van der Waals surface area (Å²) in [4.78, 5) is 13.1. The average molecular weight is 292 g/mol. The maximum Gasteiger partial charge on any atom is 0.267 e. The van der Waals surface area contributed by atoms with Gasteiger partial charge in [-0.1, -0.05) is 12.0 Å². The lowest BCUT2D eigenvalue weighted by molar-refractivity contribution is 0.103. The van der Waals surface area contributed by atoms with Crippen LogP contribution in [0.25, 0.3) is 5.69 Å². The molecule has 0 saturated heterocycles. The van der Waals surface area contributed by atoms with Crippen molar-refractivity contribution in [2.24, 2.45) is 0 Å². The number of amides is 1. The third kappa shape index (κ3) is 2.73. The molecule has 0 aliphatic heterocycles. The molecule has 0 radical (unpaired) electrons. The molecule has 0 aliphatic rings. The van der Waals surface area contributed by atoms with Crippen LogP contribution in [0.4, 0.5) is 5.69 Å². The van der Waals surface area contributed by atoms with Gasteiger partial charge in [-0.2, -0.15) is 0 Å². The van der Waals surface area contributed by atoms with Crippen molar-refractivity contribution in [3.05, 3.63) is 70.7 Å². The zero-order valence-corrected chi connectivity index (χ0v) is 11.9. The summed E-state index contributed by atoms with van der Waals surface area (Å²) < 4.78 is 1.92. The predicted molar refractivity (Wildman–Crippen MR) is 86.0 cm³/mol. The summed E-state index contributed by atoms with van der Waals surface area (Å²) in [5.74, 6) is 2.42. The van der Waals surface area contributed by atoms with E-state index >= 15 is 0 Å². The number of anilines is 1. The average Bonchev–Trinajstić information content (AvgIpc) is 3.18. The number of carbonyl (C=O) groups is 1. The van der Waals surface area contributed by atoms with Gasteiger partial charge >= 0.3 is 0 Å². The van der Waals surface area contributed by atoms with Gasteiger partial charge in [0, 0.05) is 23.6 Å². The first-order valence-electron chi connectivity index (χ1n) is 6.37. The van der Waals surface area contributed by atoms with E-state index in [9.17, 15) is 4.79 Å². The highest BCUT2D eigenvalue weighted by molar-refractivity contribution is 7.12. The molecule has 0 aliphatic carbocycles. The molecule has 2 heterocycles. The van der Waals surface area contributed by atoms with Gasteiger partial charge in [-0.25, -0.2) is 0 Å². The van der Waals surface area contributed by atoms with Crippen LogP contribution in [0, 0.1) is 12.3 Å². The second kappa shape index (κ2) is 5.70. The molecule has 0 atom stereocenters. The van der Waals surface area contributed by atoms with Gasteiger partial charge in [0.05, 0.1) is 5.69 Å². The van der Waals surface area contributed by atoms with Gasteiger partial charge in [0.2, 0.25) is 0 Å². The largest absolute Gasteiger partial charge is 0.322 e. The molecule has 0 fully saturated rings. The summed E-state index contributed by atoms with van der Waals surface area (Å²) in [5.41, 5.74) is 2.31. The van der Waals surface area contributed by atoms with E-state index in [0.29, 0.717) is 10.6 Å². The van der Waals surface area contributed by atoms with Gasteiger partial charge in [-0.15, -0.1) is 17.8 Å². The minimum absolute atomic E-state index is 0.136. The lowest BCUT2D eigenvalue weighted by Crippen LogP contribution is -2.12. The third-order valence-corrected chi connectivity index (χ3v) is 3.92. The summed E-state index contributed by atoms with van der Waals surface area (Å²) >= 11 is 1.41. The Kier molecular flexibility index (Phi) is 3.59. The van der Waals surface area contributed by atoms with E-state index in [-0.39, 0.29) is 5.91 Å². The van der Waals surface area contributed by atoms with Gasteiger partial charge in [0.25, 0.3) is 5.91 Å². The molecule has 4 heteroatoms. The van der Waals surface area contributed by atoms with Gasteiger partial charge in [-0.3, -0.25) is 4.79 Å². The topological polar surface area (TPSA) is 34.0 Å². The number of aromatic nitrogens is 1. The summed E-state index contributed by atoms with van der Waals surface area (Å²) in [6.45, 7) is 0. The number of rotatable bonds is 3. The van der Waals surface area contributed by atoms with Crippen LogP contribution < -0.4 is 5.32 Å². The molecule has 102 valence electrons. The van der Waals surface area contributed by atoms with E-state index < -0.39 is 0 Å². The van der Waals surface area contributed by atoms with Crippen LogP contribution in [-0.4, -0.2) is 10.5 Å². The number of nitrogens with zero attached hydrogens (tertiary/aromatic N) is 1. The number of terminal acetylenes is 1. The van der Waals surface area contributed by atoms with E-state index in [1.807, 2.05) is 58.7 Å². The van der Waals surface area contributed by atoms with E-state index in [0.717, 1.165) is 11.3 Å². The first-order chi connectivity index (χ1) is 10.3. The molecule has 0 spiro atoms. The Morgan fingerprint density at radius 3 is 2.76 bits per heavy atom. The lowest BCUT2D eigenvalue weighted by atomic mass is 10.2. The predicted octanol–water partition coefficient (Wildman–Crippen LogP) is 3.77. The molecule has 1 amide bonds. The molecule has 0 saturated carbocycles. The van der Waals surface area contributed by atoms with Crippen LogP contribution in [0.2, 0.25) is 0 Å². The number of hydrogen-bond acceptors (Lipinski definition) is 2. The van der Waals surface area contributed by atoms with Crippen molar-refractivity contribution in [3.63, 3.8) is 0 Å². The van der Waals surface area contributed by atoms with Gasteiger partial charge in [0.15, 0.2) is 0 Å². The van der Waals surface area contributed by atoms with Crippen LogP contribution in [0.3, 0.4) is 0 Å². The molecule has 3 nitrogen and oxygen atoms in total. The standard InChI is InChI=1S/C17H12N2OS/c1-2-13-6-5-7-14(12-13)18-17(20)16-15(8-11-21-16)19-9-3-4-10-19/h1,3-12H,(H,18,20). The molecule has 1 aromatic carbocycles. The molecule has 3 rings (SSSR count). The molecule has 0 unspecified atom stereocenters. The first-order valence-corrected chi connectivity index (χ1v) is 7.25. The molecule has 1 N–H and O–H groups in total. The smallest absolute Gasteiger partial charge is 0.267 e. The fourth-order valence-electron chi connectivity index (χ4n) is 2.05. The molecule has 21 heavy (non-hydrogen) atoms. The van der Waals surface area contributed by atoms with Gasteiger partial charge in [0.1, 0.15) is 4.88 Å². The highest BCUT2D eigenvalue weighted by atomic mass is 32.1. The van der Waals surface area contributed by atoms with Crippen molar-refractivity contribution in [1.29, 1.82) is 0 Å². The van der Waals surface area contributed by atoms with Crippen molar-refractivity contribution in [3.8, 4) is 18.0 Å². The number of thiophene rings is 1. The monoisotopic (exact) mass is 292 g/mol. The summed E-state index contributed by atoms with van der Waals surface area (Å²) in [6.07, 6.45) is 9.20. The van der Waals surface area contributed by atoms with Gasteiger partial charge < -0.3 is 9.88 Å². The van der Waals surface area contributed by atoms with E-state index in [2.05, 4.69) is 11.2 Å². The van der Waals surface area contributed by atoms with Crippen molar-refractivity contribution in [1.82, 2.24) is 4.57 Å². The molecule has 0 bridgehead atoms. The lowest BCUT2D eigenvalue weighted by Gasteiger charge is -2.07. The maximum atomic E-state index is 12.4. The van der Waals surface area contributed by atoms with Crippen LogP contribution >= 0.6 is 11.3 Å². The van der Waals surface area contributed by atoms with Gasteiger partial charge in [-0.05, 0) is 41.8 Å². The zero-order valence-electron chi connectivity index (χ0n) is 11.1. The zero-order chi connectivity index (χ0) is 14.7. The molecule has 3 aromatic rings. The third-order valence-electron chi connectivity index (χ3n) is 3.02. The fraction of sp³-hybridized carbons (Fsp3) is 0. The minimum Gasteiger partial charge on any atom is -0.322 e. The van der Waals surface area contributed by atoms with E-state index in [1.165, 1.54) is 11.3 Å². The Balaban J connectivity index is 1.87. The van der Waals surface area contributed by atoms with Crippen LogP contribution in [-0.2, 0) is 0 Å². The molecular weight excluding hydrogens is 280 g/mol. The van der Waals surface area contributed by atoms with Crippen LogP contribution in [0.15, 0.2) is 60.2 Å². The quantitative estimate of drug-likeness (QED) is 0.733. The number of nitrogens with one attached hydrogen (secondary N) is 1.